The first-order valence-corrected chi connectivity index (χ1v) is 14.2. The van der Waals surface area contributed by atoms with Gasteiger partial charge in [0, 0.05) is 34.6 Å². The molecule has 3 heterocycles. The van der Waals surface area contributed by atoms with Crippen LogP contribution in [0.25, 0.3) is 22.2 Å². The zero-order chi connectivity index (χ0) is 29.4. The van der Waals surface area contributed by atoms with Crippen LogP contribution in [0.15, 0.2) is 53.9 Å². The standard InChI is InChI=1S/C30H23ClF3N3O4S/c1-39-30(38)16-3-5-26-27(9-16)37(13-20-6-7-40-20)28(35-26)10-18-8-25(34)21(12-24(18)33)22-15-42-36-29(22)41-14-17-2-4-19(31)11-23(17)32/h2-5,8-9,11-12,15,20H,6-7,10,13-14H2,1H3/t20-/m0/s1. The maximum absolute atomic E-state index is 15.5. The van der Waals surface area contributed by atoms with E-state index in [-0.39, 0.29) is 52.3 Å². The summed E-state index contributed by atoms with van der Waals surface area (Å²) in [6.45, 7) is 0.938. The van der Waals surface area contributed by atoms with Gasteiger partial charge in [-0.15, -0.1) is 0 Å². The van der Waals surface area contributed by atoms with Gasteiger partial charge in [0.15, 0.2) is 0 Å². The number of esters is 1. The number of imidazole rings is 1. The second-order valence-corrected chi connectivity index (χ2v) is 10.8. The molecule has 42 heavy (non-hydrogen) atoms. The number of carbonyl (C=O) groups excluding carboxylic acids is 1. The van der Waals surface area contributed by atoms with Crippen molar-refractivity contribution in [2.75, 3.05) is 13.7 Å². The van der Waals surface area contributed by atoms with Gasteiger partial charge in [0.25, 0.3) is 0 Å². The molecule has 3 aromatic carbocycles. The van der Waals surface area contributed by atoms with Gasteiger partial charge in [-0.1, -0.05) is 17.7 Å². The molecule has 2 aromatic heterocycles. The molecule has 0 saturated carbocycles. The first-order chi connectivity index (χ1) is 20.3. The predicted molar refractivity (Wildman–Crippen MR) is 151 cm³/mol. The maximum Gasteiger partial charge on any atom is 0.337 e. The number of hydrogen-bond acceptors (Lipinski definition) is 7. The van der Waals surface area contributed by atoms with Crippen LogP contribution >= 0.6 is 23.1 Å². The summed E-state index contributed by atoms with van der Waals surface area (Å²) in [6, 6.07) is 11.4. The molecule has 0 amide bonds. The van der Waals surface area contributed by atoms with Crippen LogP contribution in [-0.2, 0) is 29.0 Å². The van der Waals surface area contributed by atoms with Crippen molar-refractivity contribution in [2.24, 2.45) is 0 Å². The molecule has 5 aromatic rings. The van der Waals surface area contributed by atoms with E-state index in [0.717, 1.165) is 30.1 Å². The molecule has 0 spiro atoms. The Bertz CT molecular complexity index is 1800. The minimum Gasteiger partial charge on any atom is -0.472 e. The summed E-state index contributed by atoms with van der Waals surface area (Å²) < 4.78 is 67.3. The summed E-state index contributed by atoms with van der Waals surface area (Å²) >= 11 is 6.81. The van der Waals surface area contributed by atoms with Gasteiger partial charge in [-0.2, -0.15) is 4.37 Å². The largest absolute Gasteiger partial charge is 0.472 e. The van der Waals surface area contributed by atoms with Crippen molar-refractivity contribution in [3.8, 4) is 17.0 Å². The van der Waals surface area contributed by atoms with Gasteiger partial charge < -0.3 is 18.8 Å². The number of hydrogen-bond donors (Lipinski definition) is 0. The minimum absolute atomic E-state index is 0.000914. The number of carbonyl (C=O) groups is 1. The Labute approximate surface area is 247 Å². The van der Waals surface area contributed by atoms with E-state index in [1.807, 2.05) is 4.57 Å². The lowest BCUT2D eigenvalue weighted by Gasteiger charge is -2.27. The number of fused-ring (bicyclic) bond motifs is 1. The Hall–Kier alpha value is -3.93. The maximum atomic E-state index is 15.5. The van der Waals surface area contributed by atoms with Crippen molar-refractivity contribution in [3.05, 3.63) is 98.9 Å². The Morgan fingerprint density at radius 2 is 1.88 bits per heavy atom. The molecule has 0 aliphatic carbocycles. The highest BCUT2D eigenvalue weighted by Gasteiger charge is 2.24. The van der Waals surface area contributed by atoms with Crippen LogP contribution in [0.1, 0.15) is 33.7 Å². The second kappa shape index (κ2) is 11.7. The SMILES string of the molecule is COC(=O)c1ccc2nc(Cc3cc(F)c(-c4csnc4OCc4ccc(Cl)cc4F)cc3F)n(C[C@@H]3CCO3)c2c1. The summed E-state index contributed by atoms with van der Waals surface area (Å²) in [5.41, 5.74) is 2.20. The van der Waals surface area contributed by atoms with Crippen molar-refractivity contribution in [1.29, 1.82) is 0 Å². The molecule has 1 aliphatic rings. The third kappa shape index (κ3) is 5.59. The first-order valence-electron chi connectivity index (χ1n) is 13.0. The van der Waals surface area contributed by atoms with Gasteiger partial charge in [0.2, 0.25) is 5.88 Å². The molecular weight excluding hydrogens is 591 g/mol. The zero-order valence-electron chi connectivity index (χ0n) is 22.2. The zero-order valence-corrected chi connectivity index (χ0v) is 23.8. The lowest BCUT2D eigenvalue weighted by atomic mass is 10.0. The Morgan fingerprint density at radius 3 is 2.62 bits per heavy atom. The highest BCUT2D eigenvalue weighted by Crippen LogP contribution is 2.35. The number of nitrogens with zero attached hydrogens (tertiary/aromatic N) is 3. The van der Waals surface area contributed by atoms with E-state index in [0.29, 0.717) is 35.6 Å². The van der Waals surface area contributed by atoms with E-state index in [1.54, 1.807) is 23.6 Å². The lowest BCUT2D eigenvalue weighted by molar-refractivity contribution is -0.0589. The van der Waals surface area contributed by atoms with Crippen LogP contribution in [0, 0.1) is 17.5 Å². The van der Waals surface area contributed by atoms with Gasteiger partial charge in [0.05, 0.1) is 41.9 Å². The number of aromatic nitrogens is 3. The van der Waals surface area contributed by atoms with Crippen molar-refractivity contribution in [1.82, 2.24) is 13.9 Å². The average Bonchev–Trinajstić information content (AvgIpc) is 3.55. The van der Waals surface area contributed by atoms with Crippen LogP contribution in [0.3, 0.4) is 0 Å². The molecule has 12 heteroatoms. The van der Waals surface area contributed by atoms with Gasteiger partial charge in [0.1, 0.15) is 29.9 Å². The highest BCUT2D eigenvalue weighted by atomic mass is 35.5. The van der Waals surface area contributed by atoms with Gasteiger partial charge in [-0.3, -0.25) is 0 Å². The fourth-order valence-electron chi connectivity index (χ4n) is 4.78. The first kappa shape index (κ1) is 28.2. The molecule has 1 saturated heterocycles. The third-order valence-corrected chi connectivity index (χ3v) is 7.97. The molecular formula is C30H23ClF3N3O4S. The molecule has 0 N–H and O–H groups in total. The van der Waals surface area contributed by atoms with Crippen LogP contribution in [0.2, 0.25) is 5.02 Å². The third-order valence-electron chi connectivity index (χ3n) is 7.12. The summed E-state index contributed by atoms with van der Waals surface area (Å²) in [5, 5.41) is 1.79. The van der Waals surface area contributed by atoms with E-state index >= 15 is 8.78 Å². The molecule has 0 radical (unpaired) electrons. The lowest BCUT2D eigenvalue weighted by Crippen LogP contribution is -2.31. The summed E-state index contributed by atoms with van der Waals surface area (Å²) in [5.74, 6) is -1.78. The van der Waals surface area contributed by atoms with Crippen molar-refractivity contribution >= 4 is 40.1 Å². The van der Waals surface area contributed by atoms with Crippen molar-refractivity contribution in [3.63, 3.8) is 0 Å². The predicted octanol–water partition coefficient (Wildman–Crippen LogP) is 6.98. The smallest absolute Gasteiger partial charge is 0.337 e. The number of ether oxygens (including phenoxy) is 3. The Balaban J connectivity index is 1.29. The Kier molecular flexibility index (Phi) is 7.89. The molecule has 7 nitrogen and oxygen atoms in total. The molecule has 0 bridgehead atoms. The van der Waals surface area contributed by atoms with E-state index in [1.165, 1.54) is 25.3 Å². The molecule has 1 aliphatic heterocycles. The molecule has 0 unspecified atom stereocenters. The second-order valence-electron chi connectivity index (χ2n) is 9.77. The minimum atomic E-state index is -0.674. The number of methoxy groups -OCH3 is 1. The molecule has 1 atom stereocenters. The highest BCUT2D eigenvalue weighted by molar-refractivity contribution is 7.04. The summed E-state index contributed by atoms with van der Waals surface area (Å²) in [4.78, 5) is 16.8. The molecule has 6 rings (SSSR count). The van der Waals surface area contributed by atoms with Crippen LogP contribution in [0.5, 0.6) is 5.88 Å². The van der Waals surface area contributed by atoms with E-state index in [2.05, 4.69) is 9.36 Å². The van der Waals surface area contributed by atoms with Crippen LogP contribution in [-0.4, -0.2) is 39.7 Å². The quantitative estimate of drug-likeness (QED) is 0.167. The average molecular weight is 614 g/mol. The van der Waals surface area contributed by atoms with Crippen molar-refractivity contribution < 1.29 is 32.2 Å². The topological polar surface area (TPSA) is 75.5 Å². The molecule has 1 fully saturated rings. The summed E-state index contributed by atoms with van der Waals surface area (Å²) in [7, 11) is 1.30. The van der Waals surface area contributed by atoms with E-state index in [4.69, 9.17) is 25.8 Å². The molecule has 216 valence electrons. The monoisotopic (exact) mass is 613 g/mol. The Morgan fingerprint density at radius 1 is 1.07 bits per heavy atom. The van der Waals surface area contributed by atoms with Gasteiger partial charge >= 0.3 is 5.97 Å². The number of rotatable bonds is 9. The van der Waals surface area contributed by atoms with Gasteiger partial charge in [-0.05, 0) is 66.0 Å². The fraction of sp³-hybridized carbons (Fsp3) is 0.233. The normalized spacial score (nSPS) is 14.6. The summed E-state index contributed by atoms with van der Waals surface area (Å²) in [6.07, 6.45) is 0.814. The number of halogens is 4. The number of benzene rings is 3. The van der Waals surface area contributed by atoms with Crippen LogP contribution in [0.4, 0.5) is 13.2 Å². The van der Waals surface area contributed by atoms with E-state index in [9.17, 15) is 9.18 Å². The van der Waals surface area contributed by atoms with Gasteiger partial charge in [-0.25, -0.2) is 22.9 Å². The fourth-order valence-corrected chi connectivity index (χ4v) is 5.57. The van der Waals surface area contributed by atoms with E-state index < -0.39 is 23.4 Å². The van der Waals surface area contributed by atoms with Crippen LogP contribution < -0.4 is 4.74 Å². The van der Waals surface area contributed by atoms with Crippen molar-refractivity contribution in [2.45, 2.75) is 32.1 Å².